The summed E-state index contributed by atoms with van der Waals surface area (Å²) < 4.78 is 0. The van der Waals surface area contributed by atoms with E-state index in [0.717, 1.165) is 10.6 Å². The summed E-state index contributed by atoms with van der Waals surface area (Å²) >= 11 is 1.42. The first-order valence-corrected chi connectivity index (χ1v) is 8.20. The lowest BCUT2D eigenvalue weighted by molar-refractivity contribution is -0.114. The number of amides is 2. The second-order valence-electron chi connectivity index (χ2n) is 5.12. The summed E-state index contributed by atoms with van der Waals surface area (Å²) in [6, 6.07) is 16.7. The van der Waals surface area contributed by atoms with Crippen LogP contribution < -0.4 is 10.6 Å². The SMILES string of the molecule is CC(=O)Nc1cccc(NC(=O)c2csc(-c3ccccc3)n2)c1. The van der Waals surface area contributed by atoms with Crippen LogP contribution in [0.4, 0.5) is 11.4 Å². The van der Waals surface area contributed by atoms with Gasteiger partial charge in [-0.15, -0.1) is 11.3 Å². The summed E-state index contributed by atoms with van der Waals surface area (Å²) in [7, 11) is 0. The first-order chi connectivity index (χ1) is 11.6. The summed E-state index contributed by atoms with van der Waals surface area (Å²) in [5, 5.41) is 8.00. The van der Waals surface area contributed by atoms with Crippen LogP contribution in [0.15, 0.2) is 60.0 Å². The molecule has 0 bridgehead atoms. The Morgan fingerprint density at radius 2 is 1.67 bits per heavy atom. The molecule has 0 spiro atoms. The van der Waals surface area contributed by atoms with E-state index in [1.807, 2.05) is 30.3 Å². The standard InChI is InChI=1S/C18H15N3O2S/c1-12(22)19-14-8-5-9-15(10-14)20-17(23)16-11-24-18(21-16)13-6-3-2-4-7-13/h2-11H,1H3,(H,19,22)(H,20,23). The van der Waals surface area contributed by atoms with E-state index in [2.05, 4.69) is 15.6 Å². The molecule has 24 heavy (non-hydrogen) atoms. The van der Waals surface area contributed by atoms with Crippen LogP contribution >= 0.6 is 11.3 Å². The Balaban J connectivity index is 1.74. The summed E-state index contributed by atoms with van der Waals surface area (Å²) in [4.78, 5) is 27.8. The smallest absolute Gasteiger partial charge is 0.275 e. The number of nitrogens with one attached hydrogen (secondary N) is 2. The number of hydrogen-bond acceptors (Lipinski definition) is 4. The number of nitrogens with zero attached hydrogens (tertiary/aromatic N) is 1. The molecule has 2 aromatic carbocycles. The van der Waals surface area contributed by atoms with Crippen LogP contribution in [0.5, 0.6) is 0 Å². The van der Waals surface area contributed by atoms with Gasteiger partial charge in [0.05, 0.1) is 0 Å². The Hall–Kier alpha value is -2.99. The summed E-state index contributed by atoms with van der Waals surface area (Å²) in [6.07, 6.45) is 0. The Morgan fingerprint density at radius 1 is 0.958 bits per heavy atom. The number of carbonyl (C=O) groups excluding carboxylic acids is 2. The highest BCUT2D eigenvalue weighted by Gasteiger charge is 2.12. The maximum atomic E-state index is 12.3. The van der Waals surface area contributed by atoms with Gasteiger partial charge in [0.25, 0.3) is 5.91 Å². The molecule has 0 saturated heterocycles. The Bertz CT molecular complexity index is 875. The van der Waals surface area contributed by atoms with Gasteiger partial charge in [-0.25, -0.2) is 4.98 Å². The van der Waals surface area contributed by atoms with E-state index in [4.69, 9.17) is 0 Å². The lowest BCUT2D eigenvalue weighted by Gasteiger charge is -2.06. The zero-order chi connectivity index (χ0) is 16.9. The van der Waals surface area contributed by atoms with Crippen LogP contribution in [0.3, 0.4) is 0 Å². The number of benzene rings is 2. The second-order valence-corrected chi connectivity index (χ2v) is 5.98. The summed E-state index contributed by atoms with van der Waals surface area (Å²) in [5.41, 5.74) is 2.57. The molecule has 2 amide bonds. The van der Waals surface area contributed by atoms with Crippen molar-refractivity contribution in [3.05, 3.63) is 65.7 Å². The largest absolute Gasteiger partial charge is 0.326 e. The molecule has 0 fully saturated rings. The van der Waals surface area contributed by atoms with Gasteiger partial charge in [-0.1, -0.05) is 36.4 Å². The first-order valence-electron chi connectivity index (χ1n) is 7.32. The van der Waals surface area contributed by atoms with Crippen LogP contribution in [0, 0.1) is 0 Å². The fraction of sp³-hybridized carbons (Fsp3) is 0.0556. The number of carbonyl (C=O) groups is 2. The molecule has 0 unspecified atom stereocenters. The number of hydrogen-bond donors (Lipinski definition) is 2. The lowest BCUT2D eigenvalue weighted by Crippen LogP contribution is -2.13. The quantitative estimate of drug-likeness (QED) is 0.755. The molecular formula is C18H15N3O2S. The first kappa shape index (κ1) is 15.9. The van der Waals surface area contributed by atoms with E-state index in [1.165, 1.54) is 18.3 Å². The van der Waals surface area contributed by atoms with Crippen molar-refractivity contribution >= 4 is 34.5 Å². The average molecular weight is 337 g/mol. The van der Waals surface area contributed by atoms with Gasteiger partial charge in [-0.2, -0.15) is 0 Å². The molecule has 2 N–H and O–H groups in total. The normalized spacial score (nSPS) is 10.2. The predicted molar refractivity (Wildman–Crippen MR) is 96.2 cm³/mol. The third-order valence-corrected chi connectivity index (χ3v) is 4.09. The number of rotatable bonds is 4. The minimum absolute atomic E-state index is 0.162. The highest BCUT2D eigenvalue weighted by atomic mass is 32.1. The van der Waals surface area contributed by atoms with Gasteiger partial charge in [0, 0.05) is 29.2 Å². The molecule has 5 nitrogen and oxygen atoms in total. The minimum Gasteiger partial charge on any atom is -0.326 e. The van der Waals surface area contributed by atoms with Crippen LogP contribution in [-0.4, -0.2) is 16.8 Å². The van der Waals surface area contributed by atoms with Crippen molar-refractivity contribution in [1.29, 1.82) is 0 Å². The highest BCUT2D eigenvalue weighted by molar-refractivity contribution is 7.13. The Labute approximate surface area is 143 Å². The molecule has 0 saturated carbocycles. The molecule has 1 heterocycles. The maximum absolute atomic E-state index is 12.3. The molecule has 3 aromatic rings. The molecule has 6 heteroatoms. The topological polar surface area (TPSA) is 71.1 Å². The van der Waals surface area contributed by atoms with Crippen molar-refractivity contribution in [2.45, 2.75) is 6.92 Å². The molecule has 0 aliphatic rings. The Kier molecular flexibility index (Phi) is 4.67. The third kappa shape index (κ3) is 3.85. The van der Waals surface area contributed by atoms with Crippen LogP contribution in [0.1, 0.15) is 17.4 Å². The monoisotopic (exact) mass is 337 g/mol. The molecule has 0 aliphatic carbocycles. The molecule has 120 valence electrons. The molecular weight excluding hydrogens is 322 g/mol. The Morgan fingerprint density at radius 3 is 2.38 bits per heavy atom. The van der Waals surface area contributed by atoms with Crippen molar-refractivity contribution in [3.63, 3.8) is 0 Å². The predicted octanol–water partition coefficient (Wildman–Crippen LogP) is 4.02. The van der Waals surface area contributed by atoms with Gasteiger partial charge in [-0.05, 0) is 18.2 Å². The molecule has 1 aromatic heterocycles. The van der Waals surface area contributed by atoms with E-state index >= 15 is 0 Å². The van der Waals surface area contributed by atoms with Crippen LogP contribution in [0.2, 0.25) is 0 Å². The molecule has 3 rings (SSSR count). The van der Waals surface area contributed by atoms with Crippen LogP contribution in [-0.2, 0) is 4.79 Å². The van der Waals surface area contributed by atoms with Crippen molar-refractivity contribution in [1.82, 2.24) is 4.98 Å². The van der Waals surface area contributed by atoms with Gasteiger partial charge >= 0.3 is 0 Å². The third-order valence-electron chi connectivity index (χ3n) is 3.20. The van der Waals surface area contributed by atoms with E-state index in [-0.39, 0.29) is 11.8 Å². The van der Waals surface area contributed by atoms with Crippen molar-refractivity contribution in [2.75, 3.05) is 10.6 Å². The van der Waals surface area contributed by atoms with Crippen molar-refractivity contribution in [3.8, 4) is 10.6 Å². The minimum atomic E-state index is -0.284. The molecule has 0 aliphatic heterocycles. The summed E-state index contributed by atoms with van der Waals surface area (Å²) in [6.45, 7) is 1.44. The van der Waals surface area contributed by atoms with Crippen molar-refractivity contribution < 1.29 is 9.59 Å². The van der Waals surface area contributed by atoms with E-state index in [0.29, 0.717) is 17.1 Å². The lowest BCUT2D eigenvalue weighted by atomic mass is 10.2. The zero-order valence-corrected chi connectivity index (χ0v) is 13.8. The number of aromatic nitrogens is 1. The zero-order valence-electron chi connectivity index (χ0n) is 12.9. The highest BCUT2D eigenvalue weighted by Crippen LogP contribution is 2.24. The summed E-state index contributed by atoms with van der Waals surface area (Å²) in [5.74, 6) is -0.445. The van der Waals surface area contributed by atoms with Crippen molar-refractivity contribution in [2.24, 2.45) is 0 Å². The molecule has 0 radical (unpaired) electrons. The van der Waals surface area contributed by atoms with E-state index in [1.54, 1.807) is 29.6 Å². The van der Waals surface area contributed by atoms with Gasteiger partial charge in [0.1, 0.15) is 10.7 Å². The molecule has 0 atom stereocenters. The second kappa shape index (κ2) is 7.06. The number of thiazole rings is 1. The average Bonchev–Trinajstić information content (AvgIpc) is 3.05. The van der Waals surface area contributed by atoms with E-state index in [9.17, 15) is 9.59 Å². The van der Waals surface area contributed by atoms with Gasteiger partial charge in [-0.3, -0.25) is 9.59 Å². The van der Waals surface area contributed by atoms with Crippen LogP contribution in [0.25, 0.3) is 10.6 Å². The van der Waals surface area contributed by atoms with Gasteiger partial charge in [0.15, 0.2) is 0 Å². The maximum Gasteiger partial charge on any atom is 0.275 e. The van der Waals surface area contributed by atoms with Gasteiger partial charge in [0.2, 0.25) is 5.91 Å². The van der Waals surface area contributed by atoms with Gasteiger partial charge < -0.3 is 10.6 Å². The number of anilines is 2. The fourth-order valence-electron chi connectivity index (χ4n) is 2.16. The van der Waals surface area contributed by atoms with E-state index < -0.39 is 0 Å². The fourth-order valence-corrected chi connectivity index (χ4v) is 2.97.